The molecule has 1 rings (SSSR count). The Labute approximate surface area is 96.8 Å². The molecule has 0 saturated carbocycles. The molecule has 0 unspecified atom stereocenters. The van der Waals surface area contributed by atoms with Crippen LogP contribution in [0.3, 0.4) is 0 Å². The van der Waals surface area contributed by atoms with Crippen molar-refractivity contribution >= 4 is 0 Å². The third-order valence-electron chi connectivity index (χ3n) is 2.34. The minimum Gasteiger partial charge on any atom is -0.492 e. The molecule has 4 nitrogen and oxygen atoms in total. The molecule has 0 spiro atoms. The van der Waals surface area contributed by atoms with Crippen molar-refractivity contribution in [2.75, 3.05) is 20.3 Å². The van der Waals surface area contributed by atoms with Gasteiger partial charge in [-0.1, -0.05) is 6.92 Å². The molecule has 0 radical (unpaired) electrons. The fourth-order valence-electron chi connectivity index (χ4n) is 1.30. The van der Waals surface area contributed by atoms with E-state index >= 15 is 0 Å². The second-order valence-corrected chi connectivity index (χ2v) is 3.63. The average molecular weight is 224 g/mol. The van der Waals surface area contributed by atoms with Crippen molar-refractivity contribution in [3.63, 3.8) is 0 Å². The standard InChI is InChI=1S/C12H20N2O2/c1-3-11(13)12-6-5-10(9-14-12)16-8-4-7-15-2/h5-6,9,11H,3-4,7-8,13H2,1-2H3/t11-/m1/s1. The second-order valence-electron chi connectivity index (χ2n) is 3.63. The van der Waals surface area contributed by atoms with Crippen LogP contribution in [0.1, 0.15) is 31.5 Å². The van der Waals surface area contributed by atoms with E-state index in [1.807, 2.05) is 19.1 Å². The van der Waals surface area contributed by atoms with Crippen LogP contribution in [-0.4, -0.2) is 25.3 Å². The maximum atomic E-state index is 5.86. The zero-order valence-corrected chi connectivity index (χ0v) is 9.98. The molecule has 0 aliphatic carbocycles. The summed E-state index contributed by atoms with van der Waals surface area (Å²) in [5.41, 5.74) is 6.77. The van der Waals surface area contributed by atoms with Crippen LogP contribution in [0.5, 0.6) is 5.75 Å². The van der Waals surface area contributed by atoms with Gasteiger partial charge in [-0.05, 0) is 18.6 Å². The molecular weight excluding hydrogens is 204 g/mol. The van der Waals surface area contributed by atoms with Gasteiger partial charge in [-0.15, -0.1) is 0 Å². The Kier molecular flexibility index (Phi) is 5.82. The van der Waals surface area contributed by atoms with Gasteiger partial charge in [0.2, 0.25) is 0 Å². The molecule has 0 bridgehead atoms. The van der Waals surface area contributed by atoms with E-state index in [0.29, 0.717) is 13.2 Å². The largest absolute Gasteiger partial charge is 0.492 e. The quantitative estimate of drug-likeness (QED) is 0.719. The monoisotopic (exact) mass is 224 g/mol. The van der Waals surface area contributed by atoms with E-state index in [-0.39, 0.29) is 6.04 Å². The van der Waals surface area contributed by atoms with E-state index in [0.717, 1.165) is 24.3 Å². The third kappa shape index (κ3) is 4.16. The van der Waals surface area contributed by atoms with Crippen molar-refractivity contribution < 1.29 is 9.47 Å². The fourth-order valence-corrected chi connectivity index (χ4v) is 1.30. The smallest absolute Gasteiger partial charge is 0.137 e. The highest BCUT2D eigenvalue weighted by Crippen LogP contribution is 2.15. The van der Waals surface area contributed by atoms with Gasteiger partial charge in [0.05, 0.1) is 18.5 Å². The zero-order chi connectivity index (χ0) is 11.8. The first kappa shape index (κ1) is 12.9. The molecule has 0 fully saturated rings. The summed E-state index contributed by atoms with van der Waals surface area (Å²) in [7, 11) is 1.68. The van der Waals surface area contributed by atoms with Crippen LogP contribution in [0.2, 0.25) is 0 Å². The number of nitrogens with zero attached hydrogens (tertiary/aromatic N) is 1. The first-order valence-electron chi connectivity index (χ1n) is 5.61. The zero-order valence-electron chi connectivity index (χ0n) is 9.98. The lowest BCUT2D eigenvalue weighted by atomic mass is 10.1. The van der Waals surface area contributed by atoms with E-state index in [1.54, 1.807) is 13.3 Å². The maximum Gasteiger partial charge on any atom is 0.137 e. The molecule has 0 aromatic carbocycles. The van der Waals surface area contributed by atoms with Crippen molar-refractivity contribution in [3.8, 4) is 5.75 Å². The second kappa shape index (κ2) is 7.19. The summed E-state index contributed by atoms with van der Waals surface area (Å²) in [5.74, 6) is 0.781. The molecule has 0 saturated heterocycles. The molecule has 1 heterocycles. The van der Waals surface area contributed by atoms with Crippen LogP contribution in [0.25, 0.3) is 0 Å². The molecule has 1 aromatic heterocycles. The highest BCUT2D eigenvalue weighted by molar-refractivity contribution is 5.21. The number of aromatic nitrogens is 1. The van der Waals surface area contributed by atoms with Crippen LogP contribution >= 0.6 is 0 Å². The van der Waals surface area contributed by atoms with E-state index < -0.39 is 0 Å². The van der Waals surface area contributed by atoms with E-state index in [2.05, 4.69) is 4.98 Å². The summed E-state index contributed by atoms with van der Waals surface area (Å²) in [4.78, 5) is 4.27. The molecule has 1 aromatic rings. The lowest BCUT2D eigenvalue weighted by Crippen LogP contribution is -2.10. The number of ether oxygens (including phenoxy) is 2. The summed E-state index contributed by atoms with van der Waals surface area (Å²) >= 11 is 0. The van der Waals surface area contributed by atoms with Crippen molar-refractivity contribution in [1.82, 2.24) is 4.98 Å². The minimum atomic E-state index is 0.0162. The van der Waals surface area contributed by atoms with Crippen LogP contribution in [0.4, 0.5) is 0 Å². The molecule has 4 heteroatoms. The van der Waals surface area contributed by atoms with Gasteiger partial charge in [0.15, 0.2) is 0 Å². The summed E-state index contributed by atoms with van der Waals surface area (Å²) in [6.07, 6.45) is 3.49. The van der Waals surface area contributed by atoms with E-state index in [4.69, 9.17) is 15.2 Å². The number of hydrogen-bond donors (Lipinski definition) is 1. The number of nitrogens with two attached hydrogens (primary N) is 1. The first-order chi connectivity index (χ1) is 7.77. The average Bonchev–Trinajstić information content (AvgIpc) is 2.34. The summed E-state index contributed by atoms with van der Waals surface area (Å²) in [6, 6.07) is 3.84. The van der Waals surface area contributed by atoms with Crippen LogP contribution < -0.4 is 10.5 Å². The Hall–Kier alpha value is -1.13. The fraction of sp³-hybridized carbons (Fsp3) is 0.583. The van der Waals surface area contributed by atoms with E-state index in [9.17, 15) is 0 Å². The molecule has 2 N–H and O–H groups in total. The van der Waals surface area contributed by atoms with Crippen molar-refractivity contribution in [2.45, 2.75) is 25.8 Å². The molecule has 0 amide bonds. The third-order valence-corrected chi connectivity index (χ3v) is 2.34. The van der Waals surface area contributed by atoms with Gasteiger partial charge in [-0.25, -0.2) is 0 Å². The summed E-state index contributed by atoms with van der Waals surface area (Å²) in [5, 5.41) is 0. The normalized spacial score (nSPS) is 12.4. The van der Waals surface area contributed by atoms with Crippen molar-refractivity contribution in [2.24, 2.45) is 5.73 Å². The Bertz CT molecular complexity index is 288. The van der Waals surface area contributed by atoms with Gasteiger partial charge in [-0.3, -0.25) is 4.98 Å². The molecular formula is C12H20N2O2. The Morgan fingerprint density at radius 3 is 2.75 bits per heavy atom. The highest BCUT2D eigenvalue weighted by atomic mass is 16.5. The van der Waals surface area contributed by atoms with E-state index in [1.165, 1.54) is 0 Å². The van der Waals surface area contributed by atoms with Crippen molar-refractivity contribution in [1.29, 1.82) is 0 Å². The molecule has 16 heavy (non-hydrogen) atoms. The minimum absolute atomic E-state index is 0.0162. The molecule has 0 aliphatic rings. The molecule has 0 aliphatic heterocycles. The van der Waals surface area contributed by atoms with Gasteiger partial charge >= 0.3 is 0 Å². The van der Waals surface area contributed by atoms with Gasteiger partial charge in [-0.2, -0.15) is 0 Å². The first-order valence-corrected chi connectivity index (χ1v) is 5.61. The summed E-state index contributed by atoms with van der Waals surface area (Å²) < 4.78 is 10.4. The van der Waals surface area contributed by atoms with Gasteiger partial charge in [0.1, 0.15) is 5.75 Å². The molecule has 1 atom stereocenters. The van der Waals surface area contributed by atoms with Gasteiger partial charge < -0.3 is 15.2 Å². The van der Waals surface area contributed by atoms with Crippen LogP contribution in [-0.2, 0) is 4.74 Å². The lowest BCUT2D eigenvalue weighted by Gasteiger charge is -2.09. The highest BCUT2D eigenvalue weighted by Gasteiger charge is 2.04. The van der Waals surface area contributed by atoms with Gasteiger partial charge in [0, 0.05) is 26.2 Å². The molecule has 90 valence electrons. The number of pyridine rings is 1. The maximum absolute atomic E-state index is 5.86. The summed E-state index contributed by atoms with van der Waals surface area (Å²) in [6.45, 7) is 3.41. The number of rotatable bonds is 7. The van der Waals surface area contributed by atoms with Crippen molar-refractivity contribution in [3.05, 3.63) is 24.0 Å². The Balaban J connectivity index is 2.39. The SMILES string of the molecule is CC[C@@H](N)c1ccc(OCCCOC)cn1. The van der Waals surface area contributed by atoms with Crippen LogP contribution in [0.15, 0.2) is 18.3 Å². The predicted molar refractivity (Wildman–Crippen MR) is 63.4 cm³/mol. The lowest BCUT2D eigenvalue weighted by molar-refractivity contribution is 0.172. The van der Waals surface area contributed by atoms with Crippen LogP contribution in [0, 0.1) is 0 Å². The predicted octanol–water partition coefficient (Wildman–Crippen LogP) is 1.91. The Morgan fingerprint density at radius 2 is 2.19 bits per heavy atom. The topological polar surface area (TPSA) is 57.4 Å². The Morgan fingerprint density at radius 1 is 1.38 bits per heavy atom. The number of hydrogen-bond acceptors (Lipinski definition) is 4. The number of methoxy groups -OCH3 is 1. The van der Waals surface area contributed by atoms with Gasteiger partial charge in [0.25, 0.3) is 0 Å².